The number of carboxylic acid groups (broad SMARTS) is 1. The quantitative estimate of drug-likeness (QED) is 0.180. The van der Waals surface area contributed by atoms with Gasteiger partial charge in [-0.15, -0.1) is 0 Å². The largest absolute Gasteiger partial charge is 0.480 e. The molecule has 3 atom stereocenters. The highest BCUT2D eigenvalue weighted by Gasteiger charge is 2.43. The number of benzene rings is 2. The van der Waals surface area contributed by atoms with Crippen LogP contribution in [-0.2, 0) is 16.0 Å². The second-order valence-corrected chi connectivity index (χ2v) is 13.8. The van der Waals surface area contributed by atoms with Crippen LogP contribution >= 0.6 is 0 Å². The number of piperidine rings is 1. The van der Waals surface area contributed by atoms with E-state index in [0.29, 0.717) is 24.8 Å². The van der Waals surface area contributed by atoms with Crippen LogP contribution in [0.5, 0.6) is 0 Å². The second kappa shape index (κ2) is 17.1. The lowest BCUT2D eigenvalue weighted by Gasteiger charge is -2.39. The second-order valence-electron chi connectivity index (χ2n) is 13.8. The Labute approximate surface area is 279 Å². The smallest absolute Gasteiger partial charge is 0.410 e. The minimum absolute atomic E-state index is 0.0487. The number of unbranched alkanes of at least 4 members (excludes halogenated alkanes) is 1. The van der Waals surface area contributed by atoms with Crippen LogP contribution in [0.15, 0.2) is 54.6 Å². The topological polar surface area (TPSA) is 116 Å². The number of amides is 1. The summed E-state index contributed by atoms with van der Waals surface area (Å²) >= 11 is 0. The molecule has 5 rings (SSSR count). The van der Waals surface area contributed by atoms with Crippen LogP contribution in [0.3, 0.4) is 0 Å². The number of nitro groups is 1. The summed E-state index contributed by atoms with van der Waals surface area (Å²) in [5, 5.41) is 21.3. The van der Waals surface area contributed by atoms with Gasteiger partial charge in [0.05, 0.1) is 11.5 Å². The van der Waals surface area contributed by atoms with Crippen molar-refractivity contribution in [2.45, 2.75) is 89.1 Å². The normalized spacial score (nSPS) is 22.1. The van der Waals surface area contributed by atoms with E-state index in [1.807, 2.05) is 11.0 Å². The van der Waals surface area contributed by atoms with Crippen molar-refractivity contribution < 1.29 is 24.4 Å². The first-order valence-electron chi connectivity index (χ1n) is 17.7. The van der Waals surface area contributed by atoms with Crippen LogP contribution in [0, 0.1) is 22.0 Å². The van der Waals surface area contributed by atoms with Gasteiger partial charge in [-0.2, -0.15) is 0 Å². The summed E-state index contributed by atoms with van der Waals surface area (Å²) in [5.74, 6) is 0.207. The van der Waals surface area contributed by atoms with Crippen molar-refractivity contribution in [3.63, 3.8) is 0 Å². The van der Waals surface area contributed by atoms with E-state index in [-0.39, 0.29) is 30.3 Å². The molecule has 10 heteroatoms. The maximum absolute atomic E-state index is 13.3. The number of nitro benzene ring substituents is 1. The Hall–Kier alpha value is -3.50. The van der Waals surface area contributed by atoms with Crippen LogP contribution in [0.1, 0.15) is 81.8 Å². The van der Waals surface area contributed by atoms with Crippen molar-refractivity contribution in [1.82, 2.24) is 14.7 Å². The molecule has 1 aliphatic carbocycles. The molecular weight excluding hydrogens is 596 g/mol. The number of carbonyl (C=O) groups excluding carboxylic acids is 1. The zero-order chi connectivity index (χ0) is 33.2. The fourth-order valence-corrected chi connectivity index (χ4v) is 8.12. The third-order valence-corrected chi connectivity index (χ3v) is 10.7. The Bertz CT molecular complexity index is 1290. The molecule has 1 N–H and O–H groups in total. The van der Waals surface area contributed by atoms with Crippen molar-refractivity contribution in [3.05, 3.63) is 75.8 Å². The number of likely N-dealkylation sites (tertiary alicyclic amines) is 2. The molecule has 0 aromatic heterocycles. The number of hydrogen-bond acceptors (Lipinski definition) is 7. The average molecular weight is 649 g/mol. The van der Waals surface area contributed by atoms with Crippen molar-refractivity contribution >= 4 is 17.7 Å². The monoisotopic (exact) mass is 648 g/mol. The fraction of sp³-hybridized carbons (Fsp3) is 0.622. The SMILES string of the molecule is CCCCN(C(=O)OCCc1ccc([N+](=O)[O-])cc1)C1CCN(CC2CN(C(C(=O)O)C3CCCCC3)CC2c2ccccc2)CC1. The minimum Gasteiger partial charge on any atom is -0.480 e. The molecule has 1 amide bonds. The summed E-state index contributed by atoms with van der Waals surface area (Å²) in [6.07, 6.45) is 9.39. The van der Waals surface area contributed by atoms with Gasteiger partial charge in [0.1, 0.15) is 6.04 Å². The molecule has 0 bridgehead atoms. The molecule has 1 saturated carbocycles. The van der Waals surface area contributed by atoms with Crippen molar-refractivity contribution in [2.24, 2.45) is 11.8 Å². The zero-order valence-corrected chi connectivity index (χ0v) is 27.9. The third-order valence-electron chi connectivity index (χ3n) is 10.7. The van der Waals surface area contributed by atoms with Crippen molar-refractivity contribution in [2.75, 3.05) is 45.9 Å². The standard InChI is InChI=1S/C37H52N4O6/c1-2-3-21-40(37(44)47-24-20-28-14-16-33(17-15-28)41(45)46)32-18-22-38(23-19-32)25-31-26-39(27-34(31)29-10-6-4-7-11-29)35(36(42)43)30-12-8-5-9-13-30/h4,6-7,10-11,14-17,30-32,34-35H,2-3,5,8-9,12-13,18-27H2,1H3,(H,42,43). The van der Waals surface area contributed by atoms with Gasteiger partial charge in [-0.3, -0.25) is 19.8 Å². The molecular formula is C37H52N4O6. The molecule has 3 fully saturated rings. The number of hydrogen-bond donors (Lipinski definition) is 1. The third kappa shape index (κ3) is 9.32. The van der Waals surface area contributed by atoms with Gasteiger partial charge in [-0.25, -0.2) is 4.79 Å². The van der Waals surface area contributed by atoms with Crippen molar-refractivity contribution in [3.8, 4) is 0 Å². The predicted octanol–water partition coefficient (Wildman–Crippen LogP) is 6.59. The van der Waals surface area contributed by atoms with Crippen LogP contribution in [0.25, 0.3) is 0 Å². The molecule has 3 unspecified atom stereocenters. The maximum atomic E-state index is 13.3. The van der Waals surface area contributed by atoms with E-state index in [9.17, 15) is 24.8 Å². The molecule has 2 aliphatic heterocycles. The fourth-order valence-electron chi connectivity index (χ4n) is 8.12. The van der Waals surface area contributed by atoms with Gasteiger partial charge in [0.25, 0.3) is 5.69 Å². The lowest BCUT2D eigenvalue weighted by Crippen LogP contribution is -2.49. The lowest BCUT2D eigenvalue weighted by molar-refractivity contribution is -0.384. The molecule has 2 aromatic rings. The first-order chi connectivity index (χ1) is 22.8. The zero-order valence-electron chi connectivity index (χ0n) is 27.9. The summed E-state index contributed by atoms with van der Waals surface area (Å²) in [6.45, 7) is 7.33. The van der Waals surface area contributed by atoms with Crippen LogP contribution in [0.2, 0.25) is 0 Å². The van der Waals surface area contributed by atoms with Crippen molar-refractivity contribution in [1.29, 1.82) is 0 Å². The Balaban J connectivity index is 1.17. The van der Waals surface area contributed by atoms with Gasteiger partial charge < -0.3 is 19.6 Å². The Morgan fingerprint density at radius 1 is 1.00 bits per heavy atom. The van der Waals surface area contributed by atoms with E-state index >= 15 is 0 Å². The Kier molecular flexibility index (Phi) is 12.6. The summed E-state index contributed by atoms with van der Waals surface area (Å²) in [4.78, 5) is 43.1. The molecule has 2 heterocycles. The van der Waals surface area contributed by atoms with Gasteiger partial charge in [-0.05, 0) is 55.1 Å². The molecule has 10 nitrogen and oxygen atoms in total. The molecule has 0 radical (unpaired) electrons. The minimum atomic E-state index is -0.669. The van der Waals surface area contributed by atoms with Gasteiger partial charge in [0, 0.05) is 69.8 Å². The number of non-ortho nitro benzene ring substituents is 1. The van der Waals surface area contributed by atoms with Crippen LogP contribution < -0.4 is 0 Å². The highest BCUT2D eigenvalue weighted by atomic mass is 16.6. The number of ether oxygens (including phenoxy) is 1. The number of nitrogens with zero attached hydrogens (tertiary/aromatic N) is 4. The molecule has 3 aliphatic rings. The molecule has 256 valence electrons. The molecule has 0 spiro atoms. The number of aliphatic carboxylic acids is 1. The number of carboxylic acids is 1. The number of carbonyl (C=O) groups is 2. The highest BCUT2D eigenvalue weighted by Crippen LogP contribution is 2.38. The van der Waals surface area contributed by atoms with E-state index < -0.39 is 16.9 Å². The van der Waals surface area contributed by atoms with Gasteiger partial charge in [0.15, 0.2) is 0 Å². The highest BCUT2D eigenvalue weighted by molar-refractivity contribution is 5.74. The van der Waals surface area contributed by atoms with Gasteiger partial charge in [-0.1, -0.05) is 75.1 Å². The number of rotatable bonds is 14. The van der Waals surface area contributed by atoms with Crippen LogP contribution in [-0.4, -0.2) is 94.8 Å². The first kappa shape index (κ1) is 34.8. The summed E-state index contributed by atoms with van der Waals surface area (Å²) in [6, 6.07) is 16.7. The van der Waals surface area contributed by atoms with Gasteiger partial charge in [0.2, 0.25) is 0 Å². The van der Waals surface area contributed by atoms with Gasteiger partial charge >= 0.3 is 12.1 Å². The maximum Gasteiger partial charge on any atom is 0.410 e. The molecule has 2 saturated heterocycles. The Morgan fingerprint density at radius 3 is 2.34 bits per heavy atom. The average Bonchev–Trinajstić information content (AvgIpc) is 3.49. The summed E-state index contributed by atoms with van der Waals surface area (Å²) in [5.41, 5.74) is 2.24. The summed E-state index contributed by atoms with van der Waals surface area (Å²) in [7, 11) is 0. The summed E-state index contributed by atoms with van der Waals surface area (Å²) < 4.78 is 5.72. The first-order valence-corrected chi connectivity index (χ1v) is 17.7. The van der Waals surface area contributed by atoms with E-state index in [2.05, 4.69) is 41.0 Å². The Morgan fingerprint density at radius 2 is 1.70 bits per heavy atom. The molecule has 2 aromatic carbocycles. The predicted molar refractivity (Wildman–Crippen MR) is 181 cm³/mol. The van der Waals surface area contributed by atoms with E-state index in [0.717, 1.165) is 89.7 Å². The van der Waals surface area contributed by atoms with E-state index in [1.165, 1.54) is 24.1 Å². The van der Waals surface area contributed by atoms with Crippen LogP contribution in [0.4, 0.5) is 10.5 Å². The molecule has 47 heavy (non-hydrogen) atoms. The lowest BCUT2D eigenvalue weighted by atomic mass is 9.83. The van der Waals surface area contributed by atoms with E-state index in [1.54, 1.807) is 12.1 Å². The van der Waals surface area contributed by atoms with E-state index in [4.69, 9.17) is 4.74 Å².